The molecule has 1 N–H and O–H groups in total. The SMILES string of the molecule is c1csc(-c2cnn(C[C@H]3CCCNC3)c2)c1. The van der Waals surface area contributed by atoms with Crippen molar-refractivity contribution in [1.82, 2.24) is 15.1 Å². The largest absolute Gasteiger partial charge is 0.316 e. The van der Waals surface area contributed by atoms with E-state index in [1.807, 2.05) is 6.20 Å². The van der Waals surface area contributed by atoms with Gasteiger partial charge in [-0.05, 0) is 43.3 Å². The van der Waals surface area contributed by atoms with Crippen LogP contribution in [0.5, 0.6) is 0 Å². The highest BCUT2D eigenvalue weighted by molar-refractivity contribution is 7.13. The van der Waals surface area contributed by atoms with Gasteiger partial charge in [0.1, 0.15) is 0 Å². The van der Waals surface area contributed by atoms with E-state index in [0.717, 1.165) is 19.0 Å². The van der Waals surface area contributed by atoms with Crippen molar-refractivity contribution in [1.29, 1.82) is 0 Å². The molecule has 1 aliphatic rings. The zero-order valence-corrected chi connectivity index (χ0v) is 10.6. The molecule has 90 valence electrons. The second-order valence-electron chi connectivity index (χ2n) is 4.64. The molecule has 1 fully saturated rings. The fourth-order valence-corrected chi connectivity index (χ4v) is 3.08. The van der Waals surface area contributed by atoms with Gasteiger partial charge in [0.25, 0.3) is 0 Å². The Morgan fingerprint density at radius 3 is 3.29 bits per heavy atom. The molecular weight excluding hydrogens is 230 g/mol. The highest BCUT2D eigenvalue weighted by Gasteiger charge is 2.14. The molecule has 1 saturated heterocycles. The van der Waals surface area contributed by atoms with Gasteiger partial charge < -0.3 is 5.32 Å². The predicted octanol–water partition coefficient (Wildman–Crippen LogP) is 2.61. The van der Waals surface area contributed by atoms with Crippen molar-refractivity contribution in [3.05, 3.63) is 29.9 Å². The first-order valence-corrected chi connectivity index (χ1v) is 7.07. The topological polar surface area (TPSA) is 29.9 Å². The molecule has 2 aromatic heterocycles. The summed E-state index contributed by atoms with van der Waals surface area (Å²) in [5.41, 5.74) is 1.24. The first kappa shape index (κ1) is 11.0. The Kier molecular flexibility index (Phi) is 3.25. The Morgan fingerprint density at radius 1 is 1.53 bits per heavy atom. The van der Waals surface area contributed by atoms with E-state index in [4.69, 9.17) is 0 Å². The average Bonchev–Trinajstić information content (AvgIpc) is 3.00. The van der Waals surface area contributed by atoms with Crippen molar-refractivity contribution < 1.29 is 0 Å². The van der Waals surface area contributed by atoms with Gasteiger partial charge in [-0.25, -0.2) is 0 Å². The first-order chi connectivity index (χ1) is 8.42. The van der Waals surface area contributed by atoms with Crippen LogP contribution in [0.4, 0.5) is 0 Å². The fourth-order valence-electron chi connectivity index (χ4n) is 2.38. The van der Waals surface area contributed by atoms with Gasteiger partial charge in [0.15, 0.2) is 0 Å². The smallest absolute Gasteiger partial charge is 0.0576 e. The van der Waals surface area contributed by atoms with E-state index >= 15 is 0 Å². The number of hydrogen-bond donors (Lipinski definition) is 1. The maximum absolute atomic E-state index is 4.46. The summed E-state index contributed by atoms with van der Waals surface area (Å²) >= 11 is 1.77. The minimum Gasteiger partial charge on any atom is -0.316 e. The van der Waals surface area contributed by atoms with E-state index in [2.05, 4.69) is 38.8 Å². The molecule has 17 heavy (non-hydrogen) atoms. The number of rotatable bonds is 3. The van der Waals surface area contributed by atoms with Crippen LogP contribution < -0.4 is 5.32 Å². The molecular formula is C13H17N3S. The molecule has 0 aliphatic carbocycles. The molecule has 0 radical (unpaired) electrons. The maximum Gasteiger partial charge on any atom is 0.0576 e. The van der Waals surface area contributed by atoms with Gasteiger partial charge >= 0.3 is 0 Å². The lowest BCUT2D eigenvalue weighted by Crippen LogP contribution is -2.32. The predicted molar refractivity (Wildman–Crippen MR) is 71.1 cm³/mol. The zero-order chi connectivity index (χ0) is 11.5. The number of aromatic nitrogens is 2. The van der Waals surface area contributed by atoms with E-state index in [-0.39, 0.29) is 0 Å². The summed E-state index contributed by atoms with van der Waals surface area (Å²) < 4.78 is 2.09. The Labute approximate surface area is 105 Å². The van der Waals surface area contributed by atoms with Gasteiger partial charge in [-0.2, -0.15) is 5.10 Å². The molecule has 0 unspecified atom stereocenters. The third-order valence-electron chi connectivity index (χ3n) is 3.28. The molecule has 3 heterocycles. The van der Waals surface area contributed by atoms with Gasteiger partial charge in [-0.1, -0.05) is 6.07 Å². The molecule has 3 rings (SSSR count). The van der Waals surface area contributed by atoms with Crippen LogP contribution in [0.2, 0.25) is 0 Å². The maximum atomic E-state index is 4.46. The summed E-state index contributed by atoms with van der Waals surface area (Å²) in [5.74, 6) is 0.736. The van der Waals surface area contributed by atoms with Crippen molar-refractivity contribution in [3.8, 4) is 10.4 Å². The van der Waals surface area contributed by atoms with E-state index in [9.17, 15) is 0 Å². The van der Waals surface area contributed by atoms with E-state index in [1.165, 1.54) is 29.8 Å². The first-order valence-electron chi connectivity index (χ1n) is 6.19. The van der Waals surface area contributed by atoms with Gasteiger partial charge in [-0.15, -0.1) is 11.3 Å². The van der Waals surface area contributed by atoms with Crippen molar-refractivity contribution in [2.75, 3.05) is 13.1 Å². The molecule has 0 aromatic carbocycles. The van der Waals surface area contributed by atoms with Crippen LogP contribution in [0.15, 0.2) is 29.9 Å². The van der Waals surface area contributed by atoms with Crippen LogP contribution in [0.25, 0.3) is 10.4 Å². The lowest BCUT2D eigenvalue weighted by atomic mass is 10.00. The second-order valence-corrected chi connectivity index (χ2v) is 5.59. The molecule has 0 bridgehead atoms. The van der Waals surface area contributed by atoms with E-state index in [0.29, 0.717) is 0 Å². The van der Waals surface area contributed by atoms with Crippen molar-refractivity contribution in [3.63, 3.8) is 0 Å². The van der Waals surface area contributed by atoms with Gasteiger partial charge in [-0.3, -0.25) is 4.68 Å². The fraction of sp³-hybridized carbons (Fsp3) is 0.462. The number of piperidine rings is 1. The van der Waals surface area contributed by atoms with Crippen LogP contribution in [-0.4, -0.2) is 22.9 Å². The number of hydrogen-bond acceptors (Lipinski definition) is 3. The van der Waals surface area contributed by atoms with Crippen LogP contribution in [-0.2, 0) is 6.54 Å². The summed E-state index contributed by atoms with van der Waals surface area (Å²) in [6.07, 6.45) is 6.76. The Bertz CT molecular complexity index is 455. The summed E-state index contributed by atoms with van der Waals surface area (Å²) in [4.78, 5) is 1.30. The summed E-state index contributed by atoms with van der Waals surface area (Å²) in [6, 6.07) is 4.23. The summed E-state index contributed by atoms with van der Waals surface area (Å²) in [5, 5.41) is 10.0. The normalized spacial score (nSPS) is 20.6. The van der Waals surface area contributed by atoms with Gasteiger partial charge in [0.2, 0.25) is 0 Å². The molecule has 1 aliphatic heterocycles. The lowest BCUT2D eigenvalue weighted by molar-refractivity contribution is 0.325. The molecule has 0 amide bonds. The molecule has 3 nitrogen and oxygen atoms in total. The van der Waals surface area contributed by atoms with E-state index in [1.54, 1.807) is 11.3 Å². The molecule has 1 atom stereocenters. The van der Waals surface area contributed by atoms with Crippen molar-refractivity contribution in [2.45, 2.75) is 19.4 Å². The van der Waals surface area contributed by atoms with Crippen molar-refractivity contribution in [2.24, 2.45) is 5.92 Å². The quantitative estimate of drug-likeness (QED) is 0.903. The van der Waals surface area contributed by atoms with Gasteiger partial charge in [0, 0.05) is 23.2 Å². The average molecular weight is 247 g/mol. The Morgan fingerprint density at radius 2 is 2.53 bits per heavy atom. The molecule has 0 saturated carbocycles. The third-order valence-corrected chi connectivity index (χ3v) is 4.20. The lowest BCUT2D eigenvalue weighted by Gasteiger charge is -2.22. The summed E-state index contributed by atoms with van der Waals surface area (Å²) in [7, 11) is 0. The molecule has 4 heteroatoms. The zero-order valence-electron chi connectivity index (χ0n) is 9.80. The highest BCUT2D eigenvalue weighted by atomic mass is 32.1. The highest BCUT2D eigenvalue weighted by Crippen LogP contribution is 2.24. The van der Waals surface area contributed by atoms with Crippen LogP contribution in [0.3, 0.4) is 0 Å². The van der Waals surface area contributed by atoms with Crippen LogP contribution in [0, 0.1) is 5.92 Å². The third kappa shape index (κ3) is 2.58. The number of nitrogens with zero attached hydrogens (tertiary/aromatic N) is 2. The monoisotopic (exact) mass is 247 g/mol. The van der Waals surface area contributed by atoms with Gasteiger partial charge in [0.05, 0.1) is 6.20 Å². The minimum absolute atomic E-state index is 0.736. The van der Waals surface area contributed by atoms with Crippen LogP contribution in [0.1, 0.15) is 12.8 Å². The number of thiophene rings is 1. The van der Waals surface area contributed by atoms with Crippen molar-refractivity contribution >= 4 is 11.3 Å². The minimum atomic E-state index is 0.736. The Balaban J connectivity index is 1.68. The van der Waals surface area contributed by atoms with Crippen LogP contribution >= 0.6 is 11.3 Å². The molecule has 0 spiro atoms. The van der Waals surface area contributed by atoms with E-state index < -0.39 is 0 Å². The second kappa shape index (κ2) is 5.02. The Hall–Kier alpha value is -1.13. The standard InChI is InChI=1S/C13H17N3S/c1-3-11(7-14-5-1)9-16-10-12(8-15-16)13-4-2-6-17-13/h2,4,6,8,10-11,14H,1,3,5,7,9H2/t11-/m0/s1. The number of nitrogens with one attached hydrogen (secondary N) is 1. The molecule has 2 aromatic rings. The summed E-state index contributed by atoms with van der Waals surface area (Å²) in [6.45, 7) is 3.35.